The van der Waals surface area contributed by atoms with Crippen molar-refractivity contribution >= 4 is 34.7 Å². The van der Waals surface area contributed by atoms with Gasteiger partial charge >= 0.3 is 0 Å². The number of hydrogen-bond donors (Lipinski definition) is 2. The van der Waals surface area contributed by atoms with Crippen LogP contribution in [-0.4, -0.2) is 36.0 Å². The molecule has 1 aliphatic carbocycles. The normalized spacial score (nSPS) is 17.4. The molecule has 1 heterocycles. The lowest BCUT2D eigenvalue weighted by Crippen LogP contribution is -2.41. The molecule has 0 spiro atoms. The molecule has 21 heavy (non-hydrogen) atoms. The average Bonchev–Trinajstić information content (AvgIpc) is 2.67. The Kier molecular flexibility index (Phi) is 3.87. The van der Waals surface area contributed by atoms with Crippen LogP contribution in [0.15, 0.2) is 12.1 Å². The molecule has 1 fully saturated rings. The number of amides is 1. The molecule has 112 valence electrons. The maximum absolute atomic E-state index is 11.7. The van der Waals surface area contributed by atoms with Gasteiger partial charge in [0.1, 0.15) is 0 Å². The Labute approximate surface area is 127 Å². The van der Waals surface area contributed by atoms with Gasteiger partial charge in [-0.25, -0.2) is 0 Å². The van der Waals surface area contributed by atoms with Crippen LogP contribution < -0.4 is 10.2 Å². The van der Waals surface area contributed by atoms with E-state index in [1.54, 1.807) is 12.1 Å². The van der Waals surface area contributed by atoms with E-state index >= 15 is 0 Å². The lowest BCUT2D eigenvalue weighted by atomic mass is 9.90. The Balaban J connectivity index is 1.95. The van der Waals surface area contributed by atoms with Crippen LogP contribution in [-0.2, 0) is 4.79 Å². The van der Waals surface area contributed by atoms with Crippen LogP contribution in [0.3, 0.4) is 0 Å². The fraction of sp³-hybridized carbons (Fsp3) is 0.467. The quantitative estimate of drug-likeness (QED) is 0.818. The number of benzene rings is 1. The SMILES string of the molecule is O=C1Nc2cc(N(CCCO)C3CCC3)c(Cl)cc2C1=O. The summed E-state index contributed by atoms with van der Waals surface area (Å²) in [4.78, 5) is 25.3. The van der Waals surface area contributed by atoms with E-state index in [2.05, 4.69) is 10.2 Å². The van der Waals surface area contributed by atoms with Gasteiger partial charge in [-0.05, 0) is 37.8 Å². The highest BCUT2D eigenvalue weighted by Crippen LogP contribution is 2.38. The molecule has 1 aromatic carbocycles. The minimum absolute atomic E-state index is 0.126. The van der Waals surface area contributed by atoms with E-state index in [0.717, 1.165) is 18.5 Å². The summed E-state index contributed by atoms with van der Waals surface area (Å²) < 4.78 is 0. The molecule has 2 N–H and O–H groups in total. The minimum atomic E-state index is -0.608. The fourth-order valence-electron chi connectivity index (χ4n) is 2.81. The molecule has 0 unspecified atom stereocenters. The van der Waals surface area contributed by atoms with Crippen molar-refractivity contribution in [1.29, 1.82) is 0 Å². The number of rotatable bonds is 5. The van der Waals surface area contributed by atoms with Crippen LogP contribution in [0.2, 0.25) is 5.02 Å². The first-order valence-electron chi connectivity index (χ1n) is 7.18. The van der Waals surface area contributed by atoms with Crippen LogP contribution in [0.25, 0.3) is 0 Å². The fourth-order valence-corrected chi connectivity index (χ4v) is 3.09. The molecule has 0 aromatic heterocycles. The summed E-state index contributed by atoms with van der Waals surface area (Å²) in [6.45, 7) is 0.836. The summed E-state index contributed by atoms with van der Waals surface area (Å²) in [6.07, 6.45) is 4.06. The Morgan fingerprint density at radius 2 is 2.10 bits per heavy atom. The van der Waals surface area contributed by atoms with Gasteiger partial charge in [0, 0.05) is 19.2 Å². The maximum atomic E-state index is 11.7. The monoisotopic (exact) mass is 308 g/mol. The maximum Gasteiger partial charge on any atom is 0.296 e. The highest BCUT2D eigenvalue weighted by molar-refractivity contribution is 6.52. The van der Waals surface area contributed by atoms with Crippen molar-refractivity contribution in [3.8, 4) is 0 Å². The molecular formula is C15H17ClN2O3. The van der Waals surface area contributed by atoms with Crippen LogP contribution in [0, 0.1) is 0 Å². The van der Waals surface area contributed by atoms with Gasteiger partial charge in [0.25, 0.3) is 11.7 Å². The Bertz CT molecular complexity index is 599. The van der Waals surface area contributed by atoms with Gasteiger partial charge in [0.05, 0.1) is 22.0 Å². The molecule has 0 saturated heterocycles. The van der Waals surface area contributed by atoms with E-state index in [1.807, 2.05) is 0 Å². The van der Waals surface area contributed by atoms with Crippen molar-refractivity contribution < 1.29 is 14.7 Å². The predicted octanol–water partition coefficient (Wildman–Crippen LogP) is 2.22. The summed E-state index contributed by atoms with van der Waals surface area (Å²) in [6, 6.07) is 3.76. The van der Waals surface area contributed by atoms with Crippen LogP contribution in [0.4, 0.5) is 11.4 Å². The number of nitrogens with one attached hydrogen (secondary N) is 1. The van der Waals surface area contributed by atoms with Crippen molar-refractivity contribution in [2.24, 2.45) is 0 Å². The number of Topliss-reactive ketones (excluding diaryl/α,β-unsaturated/α-hetero) is 1. The molecule has 1 saturated carbocycles. The van der Waals surface area contributed by atoms with E-state index in [9.17, 15) is 9.59 Å². The lowest BCUT2D eigenvalue weighted by Gasteiger charge is -2.40. The molecule has 0 atom stereocenters. The number of aliphatic hydroxyl groups is 1. The first kappa shape index (κ1) is 14.4. The zero-order valence-electron chi connectivity index (χ0n) is 11.6. The number of nitrogens with zero attached hydrogens (tertiary/aromatic N) is 1. The summed E-state index contributed by atoms with van der Waals surface area (Å²) in [5, 5.41) is 12.1. The second kappa shape index (κ2) is 5.66. The first-order chi connectivity index (χ1) is 10.1. The highest BCUT2D eigenvalue weighted by atomic mass is 35.5. The van der Waals surface area contributed by atoms with E-state index < -0.39 is 11.7 Å². The Hall–Kier alpha value is -1.59. The second-order valence-corrected chi connectivity index (χ2v) is 5.89. The van der Waals surface area contributed by atoms with Gasteiger partial charge in [0.2, 0.25) is 0 Å². The van der Waals surface area contributed by atoms with Crippen LogP contribution in [0.1, 0.15) is 36.0 Å². The van der Waals surface area contributed by atoms with E-state index in [4.69, 9.17) is 16.7 Å². The van der Waals surface area contributed by atoms with Gasteiger partial charge in [-0.3, -0.25) is 9.59 Å². The van der Waals surface area contributed by atoms with Gasteiger partial charge in [-0.15, -0.1) is 0 Å². The zero-order valence-corrected chi connectivity index (χ0v) is 12.3. The summed E-state index contributed by atoms with van der Waals surface area (Å²) in [7, 11) is 0. The number of aliphatic hydroxyl groups excluding tert-OH is 1. The molecular weight excluding hydrogens is 292 g/mol. The van der Waals surface area contributed by atoms with Gasteiger partial charge in [-0.2, -0.15) is 0 Å². The molecule has 2 aliphatic rings. The Morgan fingerprint density at radius 1 is 1.33 bits per heavy atom. The third kappa shape index (κ3) is 2.51. The molecule has 5 nitrogen and oxygen atoms in total. The molecule has 6 heteroatoms. The van der Waals surface area contributed by atoms with Gasteiger partial charge in [-0.1, -0.05) is 11.6 Å². The lowest BCUT2D eigenvalue weighted by molar-refractivity contribution is -0.112. The standard InChI is InChI=1S/C15H17ClN2O3/c16-11-7-10-12(17-15(21)14(10)20)8-13(11)18(5-2-6-19)9-3-1-4-9/h7-9,19H,1-6H2,(H,17,20,21). The van der Waals surface area contributed by atoms with Crippen molar-refractivity contribution in [2.75, 3.05) is 23.4 Å². The number of anilines is 2. The minimum Gasteiger partial charge on any atom is -0.396 e. The molecule has 0 radical (unpaired) electrons. The van der Waals surface area contributed by atoms with Crippen molar-refractivity contribution in [3.63, 3.8) is 0 Å². The average molecular weight is 309 g/mol. The zero-order chi connectivity index (χ0) is 15.0. The highest BCUT2D eigenvalue weighted by Gasteiger charge is 2.32. The van der Waals surface area contributed by atoms with Crippen LogP contribution in [0.5, 0.6) is 0 Å². The van der Waals surface area contributed by atoms with Gasteiger partial charge in [0.15, 0.2) is 0 Å². The largest absolute Gasteiger partial charge is 0.396 e. The first-order valence-corrected chi connectivity index (χ1v) is 7.56. The summed E-state index contributed by atoms with van der Waals surface area (Å²) >= 11 is 6.32. The second-order valence-electron chi connectivity index (χ2n) is 5.49. The molecule has 1 aliphatic heterocycles. The number of fused-ring (bicyclic) bond motifs is 1. The number of carbonyl (C=O) groups excluding carboxylic acids is 2. The molecule has 0 bridgehead atoms. The van der Waals surface area contributed by atoms with Gasteiger partial charge < -0.3 is 15.3 Å². The smallest absolute Gasteiger partial charge is 0.296 e. The number of ketones is 1. The third-order valence-corrected chi connectivity index (χ3v) is 4.47. The Morgan fingerprint density at radius 3 is 2.71 bits per heavy atom. The van der Waals surface area contributed by atoms with Crippen molar-refractivity contribution in [3.05, 3.63) is 22.7 Å². The topological polar surface area (TPSA) is 69.6 Å². The molecule has 1 aromatic rings. The number of carbonyl (C=O) groups is 2. The number of hydrogen-bond acceptors (Lipinski definition) is 4. The summed E-state index contributed by atoms with van der Waals surface area (Å²) in [5.41, 5.74) is 1.69. The van der Waals surface area contributed by atoms with Crippen molar-refractivity contribution in [1.82, 2.24) is 0 Å². The van der Waals surface area contributed by atoms with E-state index in [0.29, 0.717) is 35.3 Å². The van der Waals surface area contributed by atoms with E-state index in [-0.39, 0.29) is 6.61 Å². The van der Waals surface area contributed by atoms with Crippen LogP contribution >= 0.6 is 11.6 Å². The predicted molar refractivity (Wildman–Crippen MR) is 81.1 cm³/mol. The number of halogens is 1. The molecule has 3 rings (SSSR count). The third-order valence-electron chi connectivity index (χ3n) is 4.17. The molecule has 1 amide bonds. The summed E-state index contributed by atoms with van der Waals surface area (Å²) in [5.74, 6) is -1.15. The van der Waals surface area contributed by atoms with Crippen molar-refractivity contribution in [2.45, 2.75) is 31.7 Å². The van der Waals surface area contributed by atoms with E-state index in [1.165, 1.54) is 6.42 Å².